The number of hydrogen-bond donors (Lipinski definition) is 4. The third-order valence-electron chi connectivity index (χ3n) is 2.50. The number of carbonyl (C=O) groups is 1. The van der Waals surface area contributed by atoms with Crippen molar-refractivity contribution in [3.05, 3.63) is 29.8 Å². The zero-order valence-corrected chi connectivity index (χ0v) is 12.5. The van der Waals surface area contributed by atoms with Gasteiger partial charge in [-0.25, -0.2) is 18.9 Å². The summed E-state index contributed by atoms with van der Waals surface area (Å²) in [7, 11) is -3.45. The molecule has 0 aromatic heterocycles. The topological polar surface area (TPSA) is 137 Å². The lowest BCUT2D eigenvalue weighted by Crippen LogP contribution is -2.52. The van der Waals surface area contributed by atoms with Crippen LogP contribution in [0.4, 0.5) is 0 Å². The van der Waals surface area contributed by atoms with Crippen molar-refractivity contribution in [2.75, 3.05) is 12.8 Å². The number of aliphatic hydroxyl groups is 1. The van der Waals surface area contributed by atoms with Crippen molar-refractivity contribution in [3.63, 3.8) is 0 Å². The molecule has 0 aliphatic carbocycles. The Morgan fingerprint density at radius 3 is 2.62 bits per heavy atom. The summed E-state index contributed by atoms with van der Waals surface area (Å²) in [6.45, 7) is 1.51. The molecule has 1 amide bonds. The minimum Gasteiger partial charge on any atom is -0.392 e. The maximum Gasteiger partial charge on any atom is 0.275 e. The number of nitrogens with zero attached hydrogens (tertiary/aromatic N) is 1. The van der Waals surface area contributed by atoms with Crippen LogP contribution in [-0.2, 0) is 9.84 Å². The number of sulfone groups is 1. The van der Waals surface area contributed by atoms with Crippen LogP contribution >= 0.6 is 0 Å². The van der Waals surface area contributed by atoms with E-state index in [2.05, 4.69) is 5.43 Å². The number of hydrogen-bond acceptors (Lipinski definition) is 6. The highest BCUT2D eigenvalue weighted by Gasteiger charge is 2.20. The van der Waals surface area contributed by atoms with E-state index in [4.69, 9.17) is 11.1 Å². The molecule has 0 spiro atoms. The number of nitrogens with one attached hydrogen (secondary N) is 2. The number of hydrazine groups is 1. The second-order valence-electron chi connectivity index (χ2n) is 4.54. The molecule has 0 aliphatic rings. The van der Waals surface area contributed by atoms with Gasteiger partial charge in [0, 0.05) is 18.4 Å². The molecule has 1 aromatic carbocycles. The molecule has 0 saturated carbocycles. The molecule has 5 N–H and O–H groups in total. The quantitative estimate of drug-likeness (QED) is 0.322. The van der Waals surface area contributed by atoms with Crippen LogP contribution < -0.4 is 11.2 Å². The molecule has 0 aliphatic heterocycles. The third-order valence-corrected chi connectivity index (χ3v) is 3.61. The zero-order chi connectivity index (χ0) is 16.2. The van der Waals surface area contributed by atoms with Crippen LogP contribution in [0.5, 0.6) is 0 Å². The molecule has 0 radical (unpaired) electrons. The fourth-order valence-electron chi connectivity index (χ4n) is 1.48. The fraction of sp³-hybridized carbons (Fsp3) is 0.333. The molecule has 0 heterocycles. The number of guanidine groups is 1. The Hall–Kier alpha value is -1.97. The molecule has 1 aromatic rings. The highest BCUT2D eigenvalue weighted by Crippen LogP contribution is 2.12. The van der Waals surface area contributed by atoms with E-state index in [1.54, 1.807) is 0 Å². The van der Waals surface area contributed by atoms with E-state index in [0.717, 1.165) is 11.3 Å². The summed E-state index contributed by atoms with van der Waals surface area (Å²) in [6, 6.07) is 5.42. The van der Waals surface area contributed by atoms with E-state index < -0.39 is 27.8 Å². The highest BCUT2D eigenvalue weighted by atomic mass is 32.2. The number of benzene rings is 1. The first-order chi connectivity index (χ1) is 9.62. The van der Waals surface area contributed by atoms with Gasteiger partial charge in [-0.1, -0.05) is 6.07 Å². The first-order valence-corrected chi connectivity index (χ1v) is 7.92. The molecule has 9 heteroatoms. The first kappa shape index (κ1) is 17.1. The van der Waals surface area contributed by atoms with E-state index >= 15 is 0 Å². The summed E-state index contributed by atoms with van der Waals surface area (Å²) in [4.78, 5) is 12.2. The van der Waals surface area contributed by atoms with Gasteiger partial charge in [0.15, 0.2) is 9.84 Å². The molecule has 0 bridgehead atoms. The average molecular weight is 314 g/mol. The van der Waals surface area contributed by atoms with Gasteiger partial charge in [0.05, 0.1) is 11.0 Å². The van der Waals surface area contributed by atoms with Crippen LogP contribution in [0.15, 0.2) is 29.2 Å². The van der Waals surface area contributed by atoms with Crippen LogP contribution in [0, 0.1) is 5.41 Å². The number of rotatable bonds is 5. The van der Waals surface area contributed by atoms with Gasteiger partial charge in [0.1, 0.15) is 0 Å². The monoisotopic (exact) mass is 314 g/mol. The second-order valence-corrected chi connectivity index (χ2v) is 6.55. The van der Waals surface area contributed by atoms with Crippen molar-refractivity contribution in [1.29, 1.82) is 5.41 Å². The molecule has 1 atom stereocenters. The number of carbonyl (C=O) groups excluding carboxylic acids is 1. The lowest BCUT2D eigenvalue weighted by Gasteiger charge is -2.22. The fourth-order valence-corrected chi connectivity index (χ4v) is 2.15. The van der Waals surface area contributed by atoms with Gasteiger partial charge in [0.2, 0.25) is 5.96 Å². The van der Waals surface area contributed by atoms with Crippen molar-refractivity contribution < 1.29 is 18.3 Å². The minimum absolute atomic E-state index is 0.00706. The van der Waals surface area contributed by atoms with Crippen LogP contribution in [0.1, 0.15) is 17.3 Å². The van der Waals surface area contributed by atoms with Crippen LogP contribution in [0.2, 0.25) is 0 Å². The SMILES string of the molecule is C[C@H](O)CNN(C(=N)N)C(=O)c1cccc(S(C)(=O)=O)c1. The van der Waals surface area contributed by atoms with E-state index in [-0.39, 0.29) is 17.0 Å². The number of amides is 1. The van der Waals surface area contributed by atoms with Crippen molar-refractivity contribution >= 4 is 21.7 Å². The van der Waals surface area contributed by atoms with Crippen LogP contribution in [0.25, 0.3) is 0 Å². The molecule has 8 nitrogen and oxygen atoms in total. The van der Waals surface area contributed by atoms with Crippen LogP contribution in [0.3, 0.4) is 0 Å². The second kappa shape index (κ2) is 6.66. The number of nitrogens with two attached hydrogens (primary N) is 1. The van der Waals surface area contributed by atoms with Crippen molar-refractivity contribution in [1.82, 2.24) is 10.4 Å². The number of aliphatic hydroxyl groups excluding tert-OH is 1. The summed E-state index contributed by atoms with van der Waals surface area (Å²) in [5, 5.41) is 17.3. The van der Waals surface area contributed by atoms with E-state index in [1.807, 2.05) is 0 Å². The zero-order valence-electron chi connectivity index (χ0n) is 11.7. The maximum absolute atomic E-state index is 12.2. The molecule has 1 rings (SSSR count). The maximum atomic E-state index is 12.2. The normalized spacial score (nSPS) is 12.7. The average Bonchev–Trinajstić information content (AvgIpc) is 2.37. The van der Waals surface area contributed by atoms with E-state index in [0.29, 0.717) is 0 Å². The van der Waals surface area contributed by atoms with Gasteiger partial charge < -0.3 is 10.8 Å². The summed E-state index contributed by atoms with van der Waals surface area (Å²) in [5.41, 5.74) is 7.88. The highest BCUT2D eigenvalue weighted by molar-refractivity contribution is 7.90. The van der Waals surface area contributed by atoms with Crippen molar-refractivity contribution in [2.45, 2.75) is 17.9 Å². The Labute approximate surface area is 123 Å². The Morgan fingerprint density at radius 1 is 1.52 bits per heavy atom. The Bertz CT molecular complexity index is 642. The predicted octanol–water partition coefficient (Wildman–Crippen LogP) is -0.689. The third kappa shape index (κ3) is 4.81. The van der Waals surface area contributed by atoms with E-state index in [1.165, 1.54) is 31.2 Å². The molecule has 0 unspecified atom stereocenters. The lowest BCUT2D eigenvalue weighted by molar-refractivity contribution is 0.0755. The van der Waals surface area contributed by atoms with Gasteiger partial charge in [-0.3, -0.25) is 10.2 Å². The molecule has 0 saturated heterocycles. The van der Waals surface area contributed by atoms with E-state index in [9.17, 15) is 18.3 Å². The Balaban J connectivity index is 3.07. The summed E-state index contributed by atoms with van der Waals surface area (Å²) >= 11 is 0. The first-order valence-electron chi connectivity index (χ1n) is 6.03. The van der Waals surface area contributed by atoms with Crippen molar-refractivity contribution in [2.24, 2.45) is 5.73 Å². The van der Waals surface area contributed by atoms with Gasteiger partial charge in [-0.2, -0.15) is 0 Å². The smallest absolute Gasteiger partial charge is 0.275 e. The Morgan fingerprint density at radius 2 is 2.14 bits per heavy atom. The summed E-state index contributed by atoms with van der Waals surface area (Å²) in [5.74, 6) is -1.25. The molecule has 0 fully saturated rings. The van der Waals surface area contributed by atoms with Gasteiger partial charge in [-0.05, 0) is 25.1 Å². The predicted molar refractivity (Wildman–Crippen MR) is 77.3 cm³/mol. The lowest BCUT2D eigenvalue weighted by atomic mass is 10.2. The molecular formula is C12H18N4O4S. The molecule has 21 heavy (non-hydrogen) atoms. The standard InChI is InChI=1S/C12H18N4O4S/c1-8(17)7-15-16(12(13)14)11(18)9-4-3-5-10(6-9)21(2,19)20/h3-6,8,15,17H,7H2,1-2H3,(H3,13,14)/t8-/m0/s1. The molecule has 116 valence electrons. The van der Waals surface area contributed by atoms with Crippen LogP contribution in [-0.4, -0.2) is 49.3 Å². The minimum atomic E-state index is -3.45. The molecular weight excluding hydrogens is 296 g/mol. The van der Waals surface area contributed by atoms with Gasteiger partial charge in [-0.15, -0.1) is 0 Å². The summed E-state index contributed by atoms with van der Waals surface area (Å²) in [6.07, 6.45) is 0.285. The Kier molecular flexibility index (Phi) is 5.41. The van der Waals surface area contributed by atoms with Gasteiger partial charge in [0.25, 0.3) is 5.91 Å². The summed E-state index contributed by atoms with van der Waals surface area (Å²) < 4.78 is 23.0. The largest absolute Gasteiger partial charge is 0.392 e. The van der Waals surface area contributed by atoms with Gasteiger partial charge >= 0.3 is 0 Å². The van der Waals surface area contributed by atoms with Crippen molar-refractivity contribution in [3.8, 4) is 0 Å².